The highest BCUT2D eigenvalue weighted by Gasteiger charge is 2.25. The molecule has 2 heterocycles. The number of carbonyl (C=O) groups is 2. The molecule has 2 aliphatic heterocycles. The fraction of sp³-hybridized carbons (Fsp3) is 0.867. The van der Waals surface area contributed by atoms with Crippen molar-refractivity contribution in [3.05, 3.63) is 0 Å². The molecule has 0 aromatic heterocycles. The van der Waals surface area contributed by atoms with Crippen LogP contribution in [0.3, 0.4) is 0 Å². The number of hydrogen-bond donors (Lipinski definition) is 1. The van der Waals surface area contributed by atoms with Crippen molar-refractivity contribution in [2.45, 2.75) is 25.8 Å². The minimum Gasteiger partial charge on any atom is -0.450 e. The van der Waals surface area contributed by atoms with Gasteiger partial charge in [0.05, 0.1) is 13.2 Å². The van der Waals surface area contributed by atoms with Gasteiger partial charge in [0.15, 0.2) is 0 Å². The van der Waals surface area contributed by atoms with Gasteiger partial charge in [-0.2, -0.15) is 0 Å². The lowest BCUT2D eigenvalue weighted by Crippen LogP contribution is -2.51. The lowest BCUT2D eigenvalue weighted by atomic mass is 10.1. The Hall–Kier alpha value is -1.34. The molecule has 126 valence electrons. The predicted molar refractivity (Wildman–Crippen MR) is 83.7 cm³/mol. The van der Waals surface area contributed by atoms with Crippen LogP contribution in [0.25, 0.3) is 0 Å². The molecular formula is C15H28N4O3. The lowest BCUT2D eigenvalue weighted by molar-refractivity contribution is -0.132. The van der Waals surface area contributed by atoms with Gasteiger partial charge in [0.1, 0.15) is 0 Å². The van der Waals surface area contributed by atoms with E-state index in [4.69, 9.17) is 4.74 Å². The van der Waals surface area contributed by atoms with Gasteiger partial charge in [0.2, 0.25) is 5.91 Å². The summed E-state index contributed by atoms with van der Waals surface area (Å²) in [4.78, 5) is 29.7. The van der Waals surface area contributed by atoms with Crippen LogP contribution in [-0.2, 0) is 9.53 Å². The first-order valence-electron chi connectivity index (χ1n) is 8.21. The average molecular weight is 312 g/mol. The van der Waals surface area contributed by atoms with Crippen molar-refractivity contribution in [1.29, 1.82) is 0 Å². The maximum Gasteiger partial charge on any atom is 0.409 e. The number of piperazine rings is 1. The van der Waals surface area contributed by atoms with Gasteiger partial charge in [0.25, 0.3) is 0 Å². The Morgan fingerprint density at radius 2 is 1.68 bits per heavy atom. The maximum absolute atomic E-state index is 12.2. The summed E-state index contributed by atoms with van der Waals surface area (Å²) in [6, 6.07) is 0.307. The molecule has 2 saturated heterocycles. The first kappa shape index (κ1) is 17.0. The number of likely N-dealkylation sites (N-methyl/N-ethyl adjacent to an activating group) is 1. The number of nitrogens with one attached hydrogen (secondary N) is 1. The highest BCUT2D eigenvalue weighted by Crippen LogP contribution is 2.11. The zero-order valence-electron chi connectivity index (χ0n) is 13.7. The Balaban J connectivity index is 1.64. The molecular weight excluding hydrogens is 284 g/mol. The molecule has 0 bridgehead atoms. The van der Waals surface area contributed by atoms with E-state index in [1.165, 1.54) is 0 Å². The molecule has 0 aliphatic carbocycles. The van der Waals surface area contributed by atoms with E-state index in [9.17, 15) is 9.59 Å². The maximum atomic E-state index is 12.2. The molecule has 0 aromatic carbocycles. The average Bonchev–Trinajstić information content (AvgIpc) is 2.54. The zero-order chi connectivity index (χ0) is 15.9. The molecule has 2 rings (SSSR count). The van der Waals surface area contributed by atoms with Gasteiger partial charge in [-0.1, -0.05) is 0 Å². The van der Waals surface area contributed by atoms with Crippen molar-refractivity contribution in [2.75, 3.05) is 59.5 Å². The minimum absolute atomic E-state index is 0.181. The second-order valence-corrected chi connectivity index (χ2v) is 6.03. The van der Waals surface area contributed by atoms with Crippen LogP contribution < -0.4 is 5.32 Å². The lowest BCUT2D eigenvalue weighted by Gasteiger charge is -2.34. The third-order valence-corrected chi connectivity index (χ3v) is 4.42. The Bertz CT molecular complexity index is 375. The summed E-state index contributed by atoms with van der Waals surface area (Å²) in [5.74, 6) is 0.181. The second kappa shape index (κ2) is 8.33. The van der Waals surface area contributed by atoms with Gasteiger partial charge in [-0.25, -0.2) is 4.79 Å². The number of amides is 2. The van der Waals surface area contributed by atoms with Crippen LogP contribution in [0.2, 0.25) is 0 Å². The Labute approximate surface area is 132 Å². The summed E-state index contributed by atoms with van der Waals surface area (Å²) in [6.07, 6.45) is 1.51. The molecule has 2 aliphatic rings. The number of nitrogens with zero attached hydrogens (tertiary/aromatic N) is 3. The van der Waals surface area contributed by atoms with Gasteiger partial charge in [-0.15, -0.1) is 0 Å². The highest BCUT2D eigenvalue weighted by atomic mass is 16.6. The summed E-state index contributed by atoms with van der Waals surface area (Å²) in [6.45, 7) is 7.54. The van der Waals surface area contributed by atoms with E-state index in [1.54, 1.807) is 4.90 Å². The Kier molecular flexibility index (Phi) is 6.45. The van der Waals surface area contributed by atoms with Gasteiger partial charge in [-0.3, -0.25) is 4.79 Å². The van der Waals surface area contributed by atoms with Crippen molar-refractivity contribution in [2.24, 2.45) is 0 Å². The minimum atomic E-state index is -0.227. The largest absolute Gasteiger partial charge is 0.450 e. The number of rotatable bonds is 4. The number of ether oxygens (including phenoxy) is 1. The Morgan fingerprint density at radius 1 is 1.05 bits per heavy atom. The van der Waals surface area contributed by atoms with Gasteiger partial charge in [-0.05, 0) is 26.8 Å². The SMILES string of the molecule is CCOC(=O)N1CCC(NCC(=O)N2CCN(C)CC2)CC1. The molecule has 0 spiro atoms. The summed E-state index contributed by atoms with van der Waals surface area (Å²) in [5, 5.41) is 3.34. The van der Waals surface area contributed by atoms with Crippen LogP contribution in [0.15, 0.2) is 0 Å². The Morgan fingerprint density at radius 3 is 2.27 bits per heavy atom. The third-order valence-electron chi connectivity index (χ3n) is 4.42. The summed E-state index contributed by atoms with van der Waals surface area (Å²) in [5.41, 5.74) is 0. The number of hydrogen-bond acceptors (Lipinski definition) is 5. The molecule has 0 aromatic rings. The van der Waals surface area contributed by atoms with Gasteiger partial charge >= 0.3 is 6.09 Å². The fourth-order valence-corrected chi connectivity index (χ4v) is 2.88. The van der Waals surface area contributed by atoms with Gasteiger partial charge in [0, 0.05) is 45.3 Å². The zero-order valence-corrected chi connectivity index (χ0v) is 13.7. The molecule has 2 amide bonds. The van der Waals surface area contributed by atoms with Crippen molar-refractivity contribution < 1.29 is 14.3 Å². The van der Waals surface area contributed by atoms with E-state index >= 15 is 0 Å². The van der Waals surface area contributed by atoms with Crippen LogP contribution in [0.5, 0.6) is 0 Å². The molecule has 2 fully saturated rings. The van der Waals surface area contributed by atoms with E-state index in [2.05, 4.69) is 17.3 Å². The fourth-order valence-electron chi connectivity index (χ4n) is 2.88. The van der Waals surface area contributed by atoms with E-state index in [0.717, 1.165) is 39.0 Å². The van der Waals surface area contributed by atoms with Crippen molar-refractivity contribution in [1.82, 2.24) is 20.0 Å². The molecule has 7 heteroatoms. The first-order valence-corrected chi connectivity index (χ1v) is 8.21. The topological polar surface area (TPSA) is 65.1 Å². The molecule has 0 radical (unpaired) electrons. The van der Waals surface area contributed by atoms with Crippen LogP contribution in [0, 0.1) is 0 Å². The van der Waals surface area contributed by atoms with Crippen LogP contribution in [0.4, 0.5) is 4.79 Å². The third kappa shape index (κ3) is 4.84. The number of likely N-dealkylation sites (tertiary alicyclic amines) is 1. The van der Waals surface area contributed by atoms with Crippen LogP contribution in [-0.4, -0.2) is 92.2 Å². The highest BCUT2D eigenvalue weighted by molar-refractivity contribution is 5.78. The van der Waals surface area contributed by atoms with Crippen LogP contribution >= 0.6 is 0 Å². The molecule has 1 N–H and O–H groups in total. The summed E-state index contributed by atoms with van der Waals surface area (Å²) >= 11 is 0. The smallest absolute Gasteiger partial charge is 0.409 e. The van der Waals surface area contributed by atoms with Crippen molar-refractivity contribution in [3.8, 4) is 0 Å². The van der Waals surface area contributed by atoms with E-state index in [1.807, 2.05) is 11.8 Å². The van der Waals surface area contributed by atoms with Crippen LogP contribution in [0.1, 0.15) is 19.8 Å². The molecule has 0 unspecified atom stereocenters. The molecule has 0 atom stereocenters. The van der Waals surface area contributed by atoms with E-state index in [0.29, 0.717) is 32.3 Å². The van der Waals surface area contributed by atoms with E-state index in [-0.39, 0.29) is 12.0 Å². The predicted octanol–water partition coefficient (Wildman–Crippen LogP) is -0.0291. The van der Waals surface area contributed by atoms with Gasteiger partial charge < -0.3 is 24.8 Å². The quantitative estimate of drug-likeness (QED) is 0.790. The van der Waals surface area contributed by atoms with E-state index < -0.39 is 0 Å². The summed E-state index contributed by atoms with van der Waals surface area (Å²) < 4.78 is 5.00. The number of piperidine rings is 1. The van der Waals surface area contributed by atoms with Crippen molar-refractivity contribution >= 4 is 12.0 Å². The second-order valence-electron chi connectivity index (χ2n) is 6.03. The molecule has 22 heavy (non-hydrogen) atoms. The monoisotopic (exact) mass is 312 g/mol. The normalized spacial score (nSPS) is 21.0. The summed E-state index contributed by atoms with van der Waals surface area (Å²) in [7, 11) is 2.08. The number of carbonyl (C=O) groups excluding carboxylic acids is 2. The van der Waals surface area contributed by atoms with Crippen molar-refractivity contribution in [3.63, 3.8) is 0 Å². The molecule has 7 nitrogen and oxygen atoms in total. The standard InChI is InChI=1S/C15H28N4O3/c1-3-22-15(21)19-6-4-13(5-7-19)16-12-14(20)18-10-8-17(2)9-11-18/h13,16H,3-12H2,1-2H3. The first-order chi connectivity index (χ1) is 10.6. The molecule has 0 saturated carbocycles.